The van der Waals surface area contributed by atoms with Crippen LogP contribution in [0.25, 0.3) is 0 Å². The molecule has 3 aliphatic rings. The van der Waals surface area contributed by atoms with Crippen molar-refractivity contribution in [1.29, 1.82) is 0 Å². The van der Waals surface area contributed by atoms with Gasteiger partial charge in [0.2, 0.25) is 5.91 Å². The third kappa shape index (κ3) is 3.78. The molecule has 3 heterocycles. The molecule has 0 bridgehead atoms. The van der Waals surface area contributed by atoms with Crippen LogP contribution in [-0.2, 0) is 9.59 Å². The quantitative estimate of drug-likeness (QED) is 0.520. The number of rotatable bonds is 5. The number of nitrogens with one attached hydrogen (secondary N) is 2. The van der Waals surface area contributed by atoms with Gasteiger partial charge in [-0.25, -0.2) is 9.59 Å². The predicted molar refractivity (Wildman–Crippen MR) is 108 cm³/mol. The van der Waals surface area contributed by atoms with Gasteiger partial charge in [-0.1, -0.05) is 12.8 Å². The number of aromatic amines is 1. The van der Waals surface area contributed by atoms with Crippen LogP contribution in [0.5, 0.6) is 0 Å². The fraction of sp³-hybridized carbons (Fsp3) is 0.650. The maximum Gasteiger partial charge on any atom is 0.328 e. The molecule has 0 unspecified atom stereocenters. The fourth-order valence-electron chi connectivity index (χ4n) is 4.82. The first-order valence-electron chi connectivity index (χ1n) is 10.6. The topological polar surface area (TPSA) is 145 Å². The second-order valence-corrected chi connectivity index (χ2v) is 8.69. The molecule has 1 aromatic rings. The van der Waals surface area contributed by atoms with E-state index in [4.69, 9.17) is 0 Å². The summed E-state index contributed by atoms with van der Waals surface area (Å²) in [6, 6.07) is -1.05. The average molecular weight is 433 g/mol. The van der Waals surface area contributed by atoms with Crippen LogP contribution < -0.4 is 16.6 Å². The van der Waals surface area contributed by atoms with E-state index in [1.54, 1.807) is 6.92 Å². The number of β-amino-alcohol motifs (C(OH)–C–C–N with tert-alkyl or cyclic N) is 1. The molecular formula is C20H27N5O6. The van der Waals surface area contributed by atoms with Crippen molar-refractivity contribution in [2.75, 3.05) is 19.6 Å². The van der Waals surface area contributed by atoms with Crippen LogP contribution in [0.4, 0.5) is 4.79 Å². The van der Waals surface area contributed by atoms with Gasteiger partial charge in [-0.05, 0) is 26.2 Å². The smallest absolute Gasteiger partial charge is 0.328 e. The molecule has 3 fully saturated rings. The highest BCUT2D eigenvalue weighted by Crippen LogP contribution is 2.35. The lowest BCUT2D eigenvalue weighted by atomic mass is 9.98. The van der Waals surface area contributed by atoms with E-state index in [1.165, 1.54) is 20.6 Å². The van der Waals surface area contributed by atoms with Crippen LogP contribution in [0.2, 0.25) is 0 Å². The summed E-state index contributed by atoms with van der Waals surface area (Å²) in [6.45, 7) is 1.93. The van der Waals surface area contributed by atoms with Gasteiger partial charge >= 0.3 is 11.7 Å². The highest BCUT2D eigenvalue weighted by molar-refractivity contribution is 6.07. The number of nitrogens with zero attached hydrogens (tertiary/aromatic N) is 3. The SMILES string of the molecule is Cc1cn([C@@H]2CN(C(=O)CCCN3C(=O)NC4(CCCC4)C3=O)C[C@H]2O)c(=O)[nH]c1=O. The number of aliphatic hydroxyl groups excluding tert-OH is 1. The highest BCUT2D eigenvalue weighted by atomic mass is 16.3. The molecular weight excluding hydrogens is 406 g/mol. The molecule has 31 heavy (non-hydrogen) atoms. The Labute approximate surface area is 178 Å². The first-order chi connectivity index (χ1) is 14.7. The van der Waals surface area contributed by atoms with Crippen LogP contribution in [0.15, 0.2) is 15.8 Å². The normalized spacial score (nSPS) is 25.0. The number of amides is 4. The van der Waals surface area contributed by atoms with Crippen molar-refractivity contribution in [3.05, 3.63) is 32.6 Å². The predicted octanol–water partition coefficient (Wildman–Crippen LogP) is -0.766. The average Bonchev–Trinajstić information content (AvgIpc) is 3.40. The minimum absolute atomic E-state index is 0.0698. The third-order valence-electron chi connectivity index (χ3n) is 6.59. The summed E-state index contributed by atoms with van der Waals surface area (Å²) in [5, 5.41) is 13.2. The van der Waals surface area contributed by atoms with Crippen LogP contribution in [-0.4, -0.2) is 73.6 Å². The van der Waals surface area contributed by atoms with Gasteiger partial charge < -0.3 is 15.3 Å². The zero-order valence-corrected chi connectivity index (χ0v) is 17.4. The van der Waals surface area contributed by atoms with Crippen LogP contribution in [0.1, 0.15) is 50.1 Å². The summed E-state index contributed by atoms with van der Waals surface area (Å²) in [5.74, 6) is -0.426. The van der Waals surface area contributed by atoms with Crippen LogP contribution in [0, 0.1) is 6.92 Å². The van der Waals surface area contributed by atoms with Crippen molar-refractivity contribution in [1.82, 2.24) is 24.7 Å². The van der Waals surface area contributed by atoms with Crippen molar-refractivity contribution in [3.8, 4) is 0 Å². The minimum atomic E-state index is -0.944. The van der Waals surface area contributed by atoms with Gasteiger partial charge in [0.05, 0.1) is 12.1 Å². The van der Waals surface area contributed by atoms with E-state index in [-0.39, 0.29) is 37.9 Å². The molecule has 11 nitrogen and oxygen atoms in total. The number of hydrogen-bond donors (Lipinski definition) is 3. The van der Waals surface area contributed by atoms with Gasteiger partial charge in [0, 0.05) is 37.8 Å². The molecule has 1 aromatic heterocycles. The van der Waals surface area contributed by atoms with E-state index in [1.807, 2.05) is 0 Å². The molecule has 1 spiro atoms. The molecule has 1 saturated carbocycles. The molecule has 3 N–H and O–H groups in total. The number of aromatic nitrogens is 2. The van der Waals surface area contributed by atoms with Gasteiger partial charge in [0.1, 0.15) is 5.54 Å². The van der Waals surface area contributed by atoms with E-state index in [0.29, 0.717) is 24.8 Å². The Bertz CT molecular complexity index is 1020. The van der Waals surface area contributed by atoms with Crippen molar-refractivity contribution in [2.24, 2.45) is 0 Å². The number of aliphatic hydroxyl groups is 1. The molecule has 2 atom stereocenters. The standard InChI is InChI=1S/C20H27N5O6/c1-12-9-25(18(30)21-16(12)28)13-10-23(11-14(13)26)15(27)5-4-8-24-17(29)20(22-19(24)31)6-2-3-7-20/h9,13-14,26H,2-8,10-11H2,1H3,(H,22,31)(H,21,28,30)/t13-,14-/m1/s1. The van der Waals surface area contributed by atoms with Crippen molar-refractivity contribution in [3.63, 3.8) is 0 Å². The number of likely N-dealkylation sites (tertiary alicyclic amines) is 1. The summed E-state index contributed by atoms with van der Waals surface area (Å²) in [4.78, 5) is 66.0. The van der Waals surface area contributed by atoms with E-state index >= 15 is 0 Å². The Kier molecular flexibility index (Phi) is 5.46. The monoisotopic (exact) mass is 433 g/mol. The number of carbonyl (C=O) groups is 3. The zero-order valence-electron chi connectivity index (χ0n) is 17.4. The maximum atomic E-state index is 12.7. The number of urea groups is 1. The van der Waals surface area contributed by atoms with Gasteiger partial charge in [-0.2, -0.15) is 0 Å². The van der Waals surface area contributed by atoms with Gasteiger partial charge in [-0.15, -0.1) is 0 Å². The van der Waals surface area contributed by atoms with Crippen molar-refractivity contribution in [2.45, 2.75) is 63.1 Å². The largest absolute Gasteiger partial charge is 0.389 e. The van der Waals surface area contributed by atoms with E-state index in [0.717, 1.165) is 12.8 Å². The third-order valence-corrected chi connectivity index (χ3v) is 6.59. The first-order valence-corrected chi connectivity index (χ1v) is 10.6. The summed E-state index contributed by atoms with van der Waals surface area (Å²) >= 11 is 0. The van der Waals surface area contributed by atoms with E-state index in [9.17, 15) is 29.1 Å². The molecule has 0 radical (unpaired) electrons. The van der Waals surface area contributed by atoms with E-state index < -0.39 is 35.0 Å². The Balaban J connectivity index is 1.33. The molecule has 1 aliphatic carbocycles. The maximum absolute atomic E-state index is 12.7. The molecule has 4 amide bonds. The number of hydrogen-bond acceptors (Lipinski definition) is 6. The van der Waals surface area contributed by atoms with E-state index in [2.05, 4.69) is 10.3 Å². The van der Waals surface area contributed by atoms with Gasteiger partial charge in [-0.3, -0.25) is 28.8 Å². The Morgan fingerprint density at radius 1 is 1.19 bits per heavy atom. The van der Waals surface area contributed by atoms with Crippen molar-refractivity contribution < 1.29 is 19.5 Å². The Morgan fingerprint density at radius 2 is 1.90 bits per heavy atom. The molecule has 0 aromatic carbocycles. The fourth-order valence-corrected chi connectivity index (χ4v) is 4.82. The summed E-state index contributed by atoms with van der Waals surface area (Å²) in [6.07, 6.45) is 4.02. The lowest BCUT2D eigenvalue weighted by Gasteiger charge is -2.20. The number of aryl methyl sites for hydroxylation is 1. The Morgan fingerprint density at radius 3 is 2.61 bits per heavy atom. The number of imide groups is 1. The number of carbonyl (C=O) groups excluding carboxylic acids is 3. The van der Waals surface area contributed by atoms with Gasteiger partial charge in [0.25, 0.3) is 11.5 Å². The first kappa shape index (κ1) is 21.3. The molecule has 168 valence electrons. The van der Waals surface area contributed by atoms with Gasteiger partial charge in [0.15, 0.2) is 0 Å². The summed E-state index contributed by atoms with van der Waals surface area (Å²) < 4.78 is 1.25. The molecule has 2 saturated heterocycles. The lowest BCUT2D eigenvalue weighted by Crippen LogP contribution is -2.44. The molecule has 11 heteroatoms. The molecule has 2 aliphatic heterocycles. The summed E-state index contributed by atoms with van der Waals surface area (Å²) in [7, 11) is 0. The van der Waals surface area contributed by atoms with Crippen LogP contribution >= 0.6 is 0 Å². The van der Waals surface area contributed by atoms with Crippen molar-refractivity contribution >= 4 is 17.8 Å². The van der Waals surface area contributed by atoms with Crippen LogP contribution in [0.3, 0.4) is 0 Å². The lowest BCUT2D eigenvalue weighted by molar-refractivity contribution is -0.133. The summed E-state index contributed by atoms with van der Waals surface area (Å²) in [5.41, 5.74) is -1.53. The number of H-pyrrole nitrogens is 1. The second kappa shape index (κ2) is 7.95. The Hall–Kier alpha value is -2.95. The second-order valence-electron chi connectivity index (χ2n) is 8.69. The zero-order chi connectivity index (χ0) is 22.3. The molecule has 4 rings (SSSR count). The minimum Gasteiger partial charge on any atom is -0.389 e. The highest BCUT2D eigenvalue weighted by Gasteiger charge is 2.52.